The Morgan fingerprint density at radius 1 is 1.67 bits per heavy atom. The first-order valence-electron chi connectivity index (χ1n) is 4.47. The SMILES string of the molecule is CCc1c[nH]n2c(=O)cc(C(=O)O)nc12. The molecule has 0 aliphatic carbocycles. The van der Waals surface area contributed by atoms with Crippen LogP contribution in [-0.2, 0) is 6.42 Å². The summed E-state index contributed by atoms with van der Waals surface area (Å²) in [4.78, 5) is 26.1. The highest BCUT2D eigenvalue weighted by atomic mass is 16.4. The molecular formula is C9H9N3O3. The predicted molar refractivity (Wildman–Crippen MR) is 52.1 cm³/mol. The van der Waals surface area contributed by atoms with Crippen molar-refractivity contribution in [2.24, 2.45) is 0 Å². The maximum absolute atomic E-state index is 11.5. The highest BCUT2D eigenvalue weighted by Crippen LogP contribution is 2.06. The van der Waals surface area contributed by atoms with Crippen LogP contribution in [0.25, 0.3) is 5.65 Å². The van der Waals surface area contributed by atoms with Gasteiger partial charge in [0.1, 0.15) is 0 Å². The molecule has 0 aromatic carbocycles. The van der Waals surface area contributed by atoms with Crippen molar-refractivity contribution >= 4 is 11.6 Å². The highest BCUT2D eigenvalue weighted by molar-refractivity contribution is 5.85. The molecule has 2 aromatic heterocycles. The molecule has 78 valence electrons. The van der Waals surface area contributed by atoms with Crippen LogP contribution in [0, 0.1) is 0 Å². The monoisotopic (exact) mass is 207 g/mol. The van der Waals surface area contributed by atoms with E-state index in [4.69, 9.17) is 5.11 Å². The third-order valence-electron chi connectivity index (χ3n) is 2.17. The molecular weight excluding hydrogens is 198 g/mol. The van der Waals surface area contributed by atoms with Crippen molar-refractivity contribution in [3.63, 3.8) is 0 Å². The number of hydrogen-bond acceptors (Lipinski definition) is 3. The molecule has 0 fully saturated rings. The molecule has 2 rings (SSSR count). The van der Waals surface area contributed by atoms with Gasteiger partial charge in [-0.25, -0.2) is 14.3 Å². The third kappa shape index (κ3) is 1.39. The average Bonchev–Trinajstić information content (AvgIpc) is 2.60. The van der Waals surface area contributed by atoms with E-state index in [1.165, 1.54) is 4.52 Å². The van der Waals surface area contributed by atoms with E-state index in [9.17, 15) is 9.59 Å². The summed E-state index contributed by atoms with van der Waals surface area (Å²) in [6.45, 7) is 1.91. The fourth-order valence-corrected chi connectivity index (χ4v) is 1.40. The number of nitrogens with one attached hydrogen (secondary N) is 1. The second-order valence-corrected chi connectivity index (χ2v) is 3.10. The van der Waals surface area contributed by atoms with E-state index in [0.29, 0.717) is 12.1 Å². The van der Waals surface area contributed by atoms with Crippen molar-refractivity contribution in [2.75, 3.05) is 0 Å². The maximum atomic E-state index is 11.5. The Morgan fingerprint density at radius 2 is 2.40 bits per heavy atom. The molecule has 0 bridgehead atoms. The van der Waals surface area contributed by atoms with Crippen LogP contribution < -0.4 is 5.56 Å². The molecule has 0 spiro atoms. The summed E-state index contributed by atoms with van der Waals surface area (Å²) in [5.41, 5.74) is 0.545. The number of hydrogen-bond donors (Lipinski definition) is 2. The van der Waals surface area contributed by atoms with Crippen LogP contribution in [0.5, 0.6) is 0 Å². The molecule has 0 aliphatic rings. The Morgan fingerprint density at radius 3 is 3.00 bits per heavy atom. The van der Waals surface area contributed by atoms with Crippen LogP contribution in [0.3, 0.4) is 0 Å². The van der Waals surface area contributed by atoms with Crippen molar-refractivity contribution in [3.8, 4) is 0 Å². The molecule has 2 heterocycles. The summed E-state index contributed by atoms with van der Waals surface area (Å²) in [6, 6.07) is 0.991. The Balaban J connectivity index is 2.83. The van der Waals surface area contributed by atoms with Crippen LogP contribution in [0.1, 0.15) is 23.0 Å². The number of fused-ring (bicyclic) bond motifs is 1. The van der Waals surface area contributed by atoms with Gasteiger partial charge in [0.05, 0.1) is 0 Å². The molecule has 0 amide bonds. The van der Waals surface area contributed by atoms with Crippen molar-refractivity contribution in [2.45, 2.75) is 13.3 Å². The Hall–Kier alpha value is -2.11. The molecule has 6 nitrogen and oxygen atoms in total. The largest absolute Gasteiger partial charge is 0.477 e. The van der Waals surface area contributed by atoms with Crippen molar-refractivity contribution in [3.05, 3.63) is 33.9 Å². The van der Waals surface area contributed by atoms with Gasteiger partial charge in [0.25, 0.3) is 5.56 Å². The van der Waals surface area contributed by atoms with E-state index in [-0.39, 0.29) is 5.69 Å². The lowest BCUT2D eigenvalue weighted by molar-refractivity contribution is 0.0690. The van der Waals surface area contributed by atoms with Crippen LogP contribution in [0.4, 0.5) is 0 Å². The third-order valence-corrected chi connectivity index (χ3v) is 2.17. The molecule has 6 heteroatoms. The first-order valence-corrected chi connectivity index (χ1v) is 4.47. The number of carboxylic acids is 1. The van der Waals surface area contributed by atoms with Gasteiger partial charge in [0, 0.05) is 17.8 Å². The number of carboxylic acid groups (broad SMARTS) is 1. The minimum absolute atomic E-state index is 0.227. The molecule has 0 atom stereocenters. The van der Waals surface area contributed by atoms with Crippen LogP contribution >= 0.6 is 0 Å². The van der Waals surface area contributed by atoms with E-state index in [0.717, 1.165) is 11.6 Å². The van der Waals surface area contributed by atoms with Gasteiger partial charge in [-0.1, -0.05) is 6.92 Å². The standard InChI is InChI=1S/C9H9N3O3/c1-2-5-4-10-12-7(13)3-6(9(14)15)11-8(5)12/h3-4,10H,2H2,1H3,(H,14,15). The van der Waals surface area contributed by atoms with Crippen molar-refractivity contribution < 1.29 is 9.90 Å². The van der Waals surface area contributed by atoms with Gasteiger partial charge in [0.2, 0.25) is 0 Å². The number of aromatic carboxylic acids is 1. The van der Waals surface area contributed by atoms with E-state index in [2.05, 4.69) is 10.1 Å². The van der Waals surface area contributed by atoms with Crippen LogP contribution in [0.2, 0.25) is 0 Å². The number of rotatable bonds is 2. The Bertz CT molecular complexity index is 582. The van der Waals surface area contributed by atoms with E-state index in [1.54, 1.807) is 6.20 Å². The summed E-state index contributed by atoms with van der Waals surface area (Å²) in [7, 11) is 0. The predicted octanol–water partition coefficient (Wildman–Crippen LogP) is 0.283. The smallest absolute Gasteiger partial charge is 0.354 e. The van der Waals surface area contributed by atoms with Gasteiger partial charge in [-0.05, 0) is 6.42 Å². The lowest BCUT2D eigenvalue weighted by atomic mass is 10.2. The molecule has 2 aromatic rings. The average molecular weight is 207 g/mol. The fourth-order valence-electron chi connectivity index (χ4n) is 1.40. The number of nitrogens with zero attached hydrogens (tertiary/aromatic N) is 2. The molecule has 15 heavy (non-hydrogen) atoms. The first-order chi connectivity index (χ1) is 7.13. The summed E-state index contributed by atoms with van der Waals surface area (Å²) in [5.74, 6) is -1.20. The minimum Gasteiger partial charge on any atom is -0.477 e. The second-order valence-electron chi connectivity index (χ2n) is 3.10. The van der Waals surface area contributed by atoms with Gasteiger partial charge in [-0.2, -0.15) is 0 Å². The number of aromatic amines is 1. The van der Waals surface area contributed by atoms with Gasteiger partial charge in [-0.15, -0.1) is 0 Å². The minimum atomic E-state index is -1.20. The van der Waals surface area contributed by atoms with Crippen LogP contribution in [0.15, 0.2) is 17.1 Å². The highest BCUT2D eigenvalue weighted by Gasteiger charge is 2.11. The van der Waals surface area contributed by atoms with E-state index >= 15 is 0 Å². The summed E-state index contributed by atoms with van der Waals surface area (Å²) < 4.78 is 1.23. The number of aromatic nitrogens is 3. The first kappa shape index (κ1) is 9.45. The molecule has 0 saturated heterocycles. The molecule has 0 unspecified atom stereocenters. The maximum Gasteiger partial charge on any atom is 0.354 e. The van der Waals surface area contributed by atoms with Gasteiger partial charge in [0.15, 0.2) is 11.3 Å². The fraction of sp³-hybridized carbons (Fsp3) is 0.222. The van der Waals surface area contributed by atoms with Gasteiger partial charge in [-0.3, -0.25) is 9.89 Å². The van der Waals surface area contributed by atoms with Crippen molar-refractivity contribution in [1.29, 1.82) is 0 Å². The van der Waals surface area contributed by atoms with E-state index in [1.807, 2.05) is 6.92 Å². The number of carbonyl (C=O) groups is 1. The van der Waals surface area contributed by atoms with Crippen LogP contribution in [-0.4, -0.2) is 25.7 Å². The van der Waals surface area contributed by atoms with E-state index < -0.39 is 11.5 Å². The van der Waals surface area contributed by atoms with Gasteiger partial charge >= 0.3 is 5.97 Å². The quantitative estimate of drug-likeness (QED) is 0.740. The molecule has 0 saturated carbocycles. The topological polar surface area (TPSA) is 87.5 Å². The lowest BCUT2D eigenvalue weighted by Crippen LogP contribution is -2.17. The van der Waals surface area contributed by atoms with Gasteiger partial charge < -0.3 is 5.11 Å². The molecule has 0 aliphatic heterocycles. The summed E-state index contributed by atoms with van der Waals surface area (Å²) >= 11 is 0. The zero-order valence-corrected chi connectivity index (χ0v) is 8.02. The van der Waals surface area contributed by atoms with Crippen molar-refractivity contribution in [1.82, 2.24) is 14.6 Å². The normalized spacial score (nSPS) is 10.7. The number of aryl methyl sites for hydroxylation is 1. The zero-order valence-electron chi connectivity index (χ0n) is 8.02. The Kier molecular flexibility index (Phi) is 2.03. The summed E-state index contributed by atoms with van der Waals surface area (Å²) in [6.07, 6.45) is 2.33. The zero-order chi connectivity index (χ0) is 11.0. The second kappa shape index (κ2) is 3.23. The molecule has 2 N–H and O–H groups in total. The molecule has 0 radical (unpaired) electrons. The lowest BCUT2D eigenvalue weighted by Gasteiger charge is -1.96. The number of H-pyrrole nitrogens is 1. The Labute approximate surface area is 84.2 Å². The summed E-state index contributed by atoms with van der Waals surface area (Å²) in [5, 5.41) is 11.5.